The van der Waals surface area contributed by atoms with E-state index in [1.54, 1.807) is 0 Å². The van der Waals surface area contributed by atoms with Crippen molar-refractivity contribution in [3.05, 3.63) is 29.8 Å². The standard InChI is InChI=1S/C21H28N2O3S/c1-13(2)17-9-8-15(4)11-18(17)25-19(24)12-27-21-23-22-20(26-21)16-7-5-6-14(3)10-16/h5-7,10,13,15,17-18H,8-9,11-12H2,1-4H3/t15-,17+,18+/m0/s1. The van der Waals surface area contributed by atoms with Gasteiger partial charge in [-0.25, -0.2) is 0 Å². The Morgan fingerprint density at radius 3 is 2.89 bits per heavy atom. The molecule has 0 aliphatic heterocycles. The van der Waals surface area contributed by atoms with E-state index in [9.17, 15) is 4.79 Å². The van der Waals surface area contributed by atoms with E-state index in [0.29, 0.717) is 28.9 Å². The molecule has 27 heavy (non-hydrogen) atoms. The lowest BCUT2D eigenvalue weighted by Gasteiger charge is -2.36. The van der Waals surface area contributed by atoms with Crippen LogP contribution in [0.1, 0.15) is 45.6 Å². The Morgan fingerprint density at radius 2 is 2.15 bits per heavy atom. The number of hydrogen-bond acceptors (Lipinski definition) is 6. The molecule has 1 aliphatic rings. The van der Waals surface area contributed by atoms with E-state index in [1.807, 2.05) is 31.2 Å². The van der Waals surface area contributed by atoms with Crippen LogP contribution in [0.2, 0.25) is 0 Å². The van der Waals surface area contributed by atoms with Gasteiger partial charge in [-0.3, -0.25) is 4.79 Å². The van der Waals surface area contributed by atoms with E-state index in [1.165, 1.54) is 18.2 Å². The Kier molecular flexibility index (Phi) is 6.58. The molecule has 1 heterocycles. The largest absolute Gasteiger partial charge is 0.461 e. The van der Waals surface area contributed by atoms with E-state index in [2.05, 4.69) is 31.0 Å². The third-order valence-electron chi connectivity index (χ3n) is 5.23. The molecule has 2 aromatic rings. The molecule has 0 amide bonds. The molecule has 0 N–H and O–H groups in total. The normalized spacial score (nSPS) is 22.8. The highest BCUT2D eigenvalue weighted by Gasteiger charge is 2.33. The SMILES string of the molecule is Cc1cccc(-c2nnc(SCC(=O)O[C@@H]3C[C@@H](C)CC[C@@H]3C(C)C)o2)c1. The fraction of sp³-hybridized carbons (Fsp3) is 0.571. The van der Waals surface area contributed by atoms with Gasteiger partial charge in [0.25, 0.3) is 5.22 Å². The van der Waals surface area contributed by atoms with Crippen molar-refractivity contribution in [1.29, 1.82) is 0 Å². The second-order valence-corrected chi connectivity index (χ2v) is 8.81. The first-order valence-corrected chi connectivity index (χ1v) is 10.6. The van der Waals surface area contributed by atoms with Gasteiger partial charge in [-0.15, -0.1) is 10.2 Å². The minimum atomic E-state index is -0.208. The van der Waals surface area contributed by atoms with Crippen LogP contribution >= 0.6 is 11.8 Å². The van der Waals surface area contributed by atoms with E-state index in [-0.39, 0.29) is 17.8 Å². The molecule has 1 aliphatic carbocycles. The molecule has 0 bridgehead atoms. The number of aromatic nitrogens is 2. The summed E-state index contributed by atoms with van der Waals surface area (Å²) in [7, 11) is 0. The summed E-state index contributed by atoms with van der Waals surface area (Å²) in [5, 5.41) is 8.50. The number of aryl methyl sites for hydroxylation is 1. The zero-order valence-electron chi connectivity index (χ0n) is 16.5. The molecule has 0 spiro atoms. The monoisotopic (exact) mass is 388 g/mol. The number of nitrogens with zero attached hydrogens (tertiary/aromatic N) is 2. The van der Waals surface area contributed by atoms with E-state index in [4.69, 9.17) is 9.15 Å². The Bertz CT molecular complexity index is 774. The molecule has 1 saturated carbocycles. The number of carbonyl (C=O) groups is 1. The van der Waals surface area contributed by atoms with Gasteiger partial charge in [0.2, 0.25) is 5.89 Å². The molecule has 3 atom stereocenters. The van der Waals surface area contributed by atoms with Gasteiger partial charge in [-0.2, -0.15) is 0 Å². The second-order valence-electron chi connectivity index (χ2n) is 7.89. The van der Waals surface area contributed by atoms with Gasteiger partial charge in [0, 0.05) is 5.56 Å². The van der Waals surface area contributed by atoms with Crippen LogP contribution in [0.25, 0.3) is 11.5 Å². The number of esters is 1. The van der Waals surface area contributed by atoms with Crippen molar-refractivity contribution in [3.8, 4) is 11.5 Å². The fourth-order valence-corrected chi connectivity index (χ4v) is 4.28. The molecule has 1 aromatic carbocycles. The summed E-state index contributed by atoms with van der Waals surface area (Å²) in [6, 6.07) is 7.89. The number of rotatable bonds is 6. The highest BCUT2D eigenvalue weighted by Crippen LogP contribution is 2.35. The quantitative estimate of drug-likeness (QED) is 0.504. The van der Waals surface area contributed by atoms with Crippen LogP contribution < -0.4 is 0 Å². The fourth-order valence-electron chi connectivity index (χ4n) is 3.74. The van der Waals surface area contributed by atoms with Crippen LogP contribution in [-0.4, -0.2) is 28.0 Å². The lowest BCUT2D eigenvalue weighted by Crippen LogP contribution is -2.36. The number of benzene rings is 1. The third-order valence-corrected chi connectivity index (χ3v) is 6.02. The molecule has 1 aromatic heterocycles. The molecule has 0 radical (unpaired) electrons. The Hall–Kier alpha value is -1.82. The van der Waals surface area contributed by atoms with Crippen LogP contribution in [0.5, 0.6) is 0 Å². The van der Waals surface area contributed by atoms with Crippen molar-refractivity contribution in [2.24, 2.45) is 17.8 Å². The third kappa shape index (κ3) is 5.34. The number of thioether (sulfide) groups is 1. The summed E-state index contributed by atoms with van der Waals surface area (Å²) in [6.45, 7) is 8.67. The number of ether oxygens (including phenoxy) is 1. The van der Waals surface area contributed by atoms with Crippen molar-refractivity contribution < 1.29 is 13.9 Å². The van der Waals surface area contributed by atoms with Crippen LogP contribution in [0.4, 0.5) is 0 Å². The van der Waals surface area contributed by atoms with E-state index < -0.39 is 0 Å². The van der Waals surface area contributed by atoms with Crippen LogP contribution in [0.15, 0.2) is 33.9 Å². The summed E-state index contributed by atoms with van der Waals surface area (Å²) in [5.74, 6) is 2.03. The zero-order chi connectivity index (χ0) is 19.4. The van der Waals surface area contributed by atoms with E-state index in [0.717, 1.165) is 24.0 Å². The van der Waals surface area contributed by atoms with Crippen molar-refractivity contribution >= 4 is 17.7 Å². The average molecular weight is 389 g/mol. The predicted molar refractivity (Wildman–Crippen MR) is 106 cm³/mol. The maximum atomic E-state index is 12.3. The molecule has 3 rings (SSSR count). The zero-order valence-corrected chi connectivity index (χ0v) is 17.3. The summed E-state index contributed by atoms with van der Waals surface area (Å²) in [4.78, 5) is 12.3. The van der Waals surface area contributed by atoms with Crippen molar-refractivity contribution in [3.63, 3.8) is 0 Å². The second kappa shape index (κ2) is 8.91. The Morgan fingerprint density at radius 1 is 1.33 bits per heavy atom. The molecule has 146 valence electrons. The van der Waals surface area contributed by atoms with Gasteiger partial charge in [0.1, 0.15) is 11.9 Å². The lowest BCUT2D eigenvalue weighted by atomic mass is 9.75. The van der Waals surface area contributed by atoms with Crippen LogP contribution in [-0.2, 0) is 9.53 Å². The van der Waals surface area contributed by atoms with Crippen molar-refractivity contribution in [2.75, 3.05) is 5.75 Å². The molecular weight excluding hydrogens is 360 g/mol. The first-order valence-electron chi connectivity index (χ1n) is 9.65. The summed E-state index contributed by atoms with van der Waals surface area (Å²) in [6.07, 6.45) is 3.33. The van der Waals surface area contributed by atoms with Gasteiger partial charge in [0.15, 0.2) is 0 Å². The molecule has 0 saturated heterocycles. The van der Waals surface area contributed by atoms with Gasteiger partial charge >= 0.3 is 5.97 Å². The van der Waals surface area contributed by atoms with Crippen molar-refractivity contribution in [2.45, 2.75) is 58.3 Å². The molecule has 0 unspecified atom stereocenters. The van der Waals surface area contributed by atoms with E-state index >= 15 is 0 Å². The van der Waals surface area contributed by atoms with Gasteiger partial charge in [0.05, 0.1) is 0 Å². The molecular formula is C21H28N2O3S. The number of carbonyl (C=O) groups excluding carboxylic acids is 1. The maximum Gasteiger partial charge on any atom is 0.316 e. The highest BCUT2D eigenvalue weighted by atomic mass is 32.2. The summed E-state index contributed by atoms with van der Waals surface area (Å²) in [5.41, 5.74) is 2.01. The molecule has 6 heteroatoms. The van der Waals surface area contributed by atoms with Gasteiger partial charge in [-0.05, 0) is 49.7 Å². The predicted octanol–water partition coefficient (Wildman–Crippen LogP) is 5.14. The minimum absolute atomic E-state index is 0.0207. The summed E-state index contributed by atoms with van der Waals surface area (Å²) >= 11 is 1.23. The Balaban J connectivity index is 1.54. The first kappa shape index (κ1) is 19.9. The number of hydrogen-bond donors (Lipinski definition) is 0. The summed E-state index contributed by atoms with van der Waals surface area (Å²) < 4.78 is 11.5. The minimum Gasteiger partial charge on any atom is -0.461 e. The van der Waals surface area contributed by atoms with Gasteiger partial charge in [-0.1, -0.05) is 56.7 Å². The van der Waals surface area contributed by atoms with Crippen LogP contribution in [0, 0.1) is 24.7 Å². The first-order chi connectivity index (χ1) is 12.9. The molecule has 5 nitrogen and oxygen atoms in total. The topological polar surface area (TPSA) is 65.2 Å². The average Bonchev–Trinajstić information content (AvgIpc) is 3.09. The highest BCUT2D eigenvalue weighted by molar-refractivity contribution is 7.99. The Labute approximate surface area is 165 Å². The smallest absolute Gasteiger partial charge is 0.316 e. The van der Waals surface area contributed by atoms with Gasteiger partial charge < -0.3 is 9.15 Å². The molecule has 1 fully saturated rings. The maximum absolute atomic E-state index is 12.3. The van der Waals surface area contributed by atoms with Crippen molar-refractivity contribution in [1.82, 2.24) is 10.2 Å². The lowest BCUT2D eigenvalue weighted by molar-refractivity contribution is -0.152. The van der Waals surface area contributed by atoms with Crippen LogP contribution in [0.3, 0.4) is 0 Å².